The lowest BCUT2D eigenvalue weighted by Crippen LogP contribution is -2.41. The van der Waals surface area contributed by atoms with Gasteiger partial charge >= 0.3 is 5.17 Å². The molecule has 2 aromatic rings. The van der Waals surface area contributed by atoms with E-state index in [1.807, 2.05) is 18.3 Å². The summed E-state index contributed by atoms with van der Waals surface area (Å²) in [6.07, 6.45) is 5.99. The first-order valence-corrected chi connectivity index (χ1v) is 8.38. The first kappa shape index (κ1) is 14.4. The summed E-state index contributed by atoms with van der Waals surface area (Å²) in [5.41, 5.74) is 7.24. The van der Waals surface area contributed by atoms with Crippen LogP contribution in [-0.4, -0.2) is 49.6 Å². The second-order valence-electron chi connectivity index (χ2n) is 5.66. The molecular formula is C15H16FN6S+. The number of aromatic nitrogens is 3. The predicted molar refractivity (Wildman–Crippen MR) is 87.3 cm³/mol. The molecule has 0 radical (unpaired) electrons. The summed E-state index contributed by atoms with van der Waals surface area (Å²) in [5, 5.41) is 0.793. The van der Waals surface area contributed by atoms with Crippen molar-refractivity contribution in [3.63, 3.8) is 0 Å². The standard InChI is InChI=1S/C15H15FN6S/c16-11-4-19-15(20-5-11)21-7-10-9-23-14(17)22(13(10)8-21)12-2-1-3-18-6-12/h1-6,10,13,17H,7-9H2/p+1/t10-,13-/m0/s1. The van der Waals surface area contributed by atoms with Crippen LogP contribution in [0.15, 0.2) is 36.9 Å². The van der Waals surface area contributed by atoms with Gasteiger partial charge in [-0.3, -0.25) is 10.7 Å². The molecule has 2 N–H and O–H groups in total. The Morgan fingerprint density at radius 3 is 2.83 bits per heavy atom. The number of pyridine rings is 1. The molecule has 118 valence electrons. The fourth-order valence-electron chi connectivity index (χ4n) is 3.18. The van der Waals surface area contributed by atoms with E-state index in [0.717, 1.165) is 29.7 Å². The molecule has 2 aromatic heterocycles. The number of fused-ring (bicyclic) bond motifs is 1. The minimum Gasteiger partial charge on any atom is -0.336 e. The molecule has 0 aromatic carbocycles. The van der Waals surface area contributed by atoms with Crippen LogP contribution in [0.25, 0.3) is 0 Å². The summed E-state index contributed by atoms with van der Waals surface area (Å²) in [4.78, 5) is 14.5. The van der Waals surface area contributed by atoms with Gasteiger partial charge in [0.1, 0.15) is 11.7 Å². The highest BCUT2D eigenvalue weighted by Gasteiger charge is 2.43. The Bertz CT molecular complexity index is 735. The van der Waals surface area contributed by atoms with E-state index in [-0.39, 0.29) is 6.04 Å². The molecule has 8 heteroatoms. The molecular weight excluding hydrogens is 315 g/mol. The number of thioether (sulfide) groups is 1. The third-order valence-electron chi connectivity index (χ3n) is 4.23. The molecule has 1 fully saturated rings. The topological polar surface area (TPSA) is 70.9 Å². The second kappa shape index (κ2) is 5.77. The predicted octanol–water partition coefficient (Wildman–Crippen LogP) is 1.22. The van der Waals surface area contributed by atoms with Crippen LogP contribution >= 0.6 is 11.8 Å². The van der Waals surface area contributed by atoms with E-state index in [1.54, 1.807) is 18.0 Å². The zero-order chi connectivity index (χ0) is 15.8. The van der Waals surface area contributed by atoms with E-state index < -0.39 is 5.82 Å². The van der Waals surface area contributed by atoms with Crippen molar-refractivity contribution in [2.45, 2.75) is 6.04 Å². The van der Waals surface area contributed by atoms with Gasteiger partial charge < -0.3 is 4.90 Å². The quantitative estimate of drug-likeness (QED) is 0.835. The molecule has 0 saturated carbocycles. The molecule has 2 atom stereocenters. The maximum atomic E-state index is 13.0. The third kappa shape index (κ3) is 2.63. The van der Waals surface area contributed by atoms with Gasteiger partial charge in [0.2, 0.25) is 5.95 Å². The fraction of sp³-hybridized carbons (Fsp3) is 0.333. The zero-order valence-corrected chi connectivity index (χ0v) is 13.2. The third-order valence-corrected chi connectivity index (χ3v) is 5.32. The van der Waals surface area contributed by atoms with Crippen molar-refractivity contribution in [1.82, 2.24) is 15.0 Å². The van der Waals surface area contributed by atoms with Crippen molar-refractivity contribution in [2.24, 2.45) is 11.7 Å². The van der Waals surface area contributed by atoms with Crippen molar-refractivity contribution in [3.05, 3.63) is 42.7 Å². The Hall–Kier alpha value is -2.22. The first-order chi connectivity index (χ1) is 11.2. The molecule has 1 saturated heterocycles. The van der Waals surface area contributed by atoms with Crippen LogP contribution in [0.5, 0.6) is 0 Å². The number of halogens is 1. The first-order valence-electron chi connectivity index (χ1n) is 7.39. The van der Waals surface area contributed by atoms with E-state index in [0.29, 0.717) is 11.9 Å². The zero-order valence-electron chi connectivity index (χ0n) is 12.3. The van der Waals surface area contributed by atoms with E-state index in [1.165, 1.54) is 12.4 Å². The van der Waals surface area contributed by atoms with E-state index in [2.05, 4.69) is 24.4 Å². The van der Waals surface area contributed by atoms with Crippen LogP contribution in [0.3, 0.4) is 0 Å². The van der Waals surface area contributed by atoms with Crippen LogP contribution in [0.2, 0.25) is 0 Å². The minimum atomic E-state index is -0.421. The Labute approximate surface area is 137 Å². The maximum absolute atomic E-state index is 13.0. The molecule has 0 spiro atoms. The molecule has 2 aliphatic heterocycles. The molecule has 23 heavy (non-hydrogen) atoms. The normalized spacial score (nSPS) is 24.0. The van der Waals surface area contributed by atoms with Crippen molar-refractivity contribution in [3.8, 4) is 0 Å². The molecule has 0 bridgehead atoms. The minimum absolute atomic E-state index is 0.245. The average Bonchev–Trinajstić information content (AvgIpc) is 3.00. The molecule has 4 heterocycles. The number of hydrogen-bond acceptors (Lipinski definition) is 6. The highest BCUT2D eigenvalue weighted by atomic mass is 32.2. The number of nitrogens with two attached hydrogens (primary N) is 1. The van der Waals surface area contributed by atoms with Crippen LogP contribution in [0.4, 0.5) is 16.0 Å². The van der Waals surface area contributed by atoms with Crippen molar-refractivity contribution in [1.29, 1.82) is 0 Å². The van der Waals surface area contributed by atoms with Gasteiger partial charge in [-0.15, -0.1) is 0 Å². The number of anilines is 1. The summed E-state index contributed by atoms with van der Waals surface area (Å²) >= 11 is 1.66. The lowest BCUT2D eigenvalue weighted by molar-refractivity contribution is -0.486. The fourth-order valence-corrected chi connectivity index (χ4v) is 4.28. The van der Waals surface area contributed by atoms with E-state index in [9.17, 15) is 4.39 Å². The van der Waals surface area contributed by atoms with E-state index >= 15 is 0 Å². The average molecular weight is 331 g/mol. The highest BCUT2D eigenvalue weighted by molar-refractivity contribution is 8.13. The van der Waals surface area contributed by atoms with Crippen molar-refractivity contribution >= 4 is 28.6 Å². The van der Waals surface area contributed by atoms with Crippen LogP contribution in [0.1, 0.15) is 0 Å². The Morgan fingerprint density at radius 2 is 2.09 bits per heavy atom. The molecule has 4 rings (SSSR count). The summed E-state index contributed by atoms with van der Waals surface area (Å²) in [6.45, 7) is 1.60. The highest BCUT2D eigenvalue weighted by Crippen LogP contribution is 2.33. The number of amidine groups is 1. The van der Waals surface area contributed by atoms with Gasteiger partial charge in [-0.1, -0.05) is 0 Å². The van der Waals surface area contributed by atoms with Gasteiger partial charge in [0.25, 0.3) is 0 Å². The van der Waals surface area contributed by atoms with Crippen molar-refractivity contribution < 1.29 is 8.97 Å². The lowest BCUT2D eigenvalue weighted by Gasteiger charge is -2.24. The number of nitrogens with zero attached hydrogens (tertiary/aromatic N) is 5. The van der Waals surface area contributed by atoms with Gasteiger partial charge in [0, 0.05) is 24.4 Å². The number of hydrogen-bond donors (Lipinski definition) is 1. The van der Waals surface area contributed by atoms with Gasteiger partial charge in [-0.2, -0.15) is 0 Å². The second-order valence-corrected chi connectivity index (χ2v) is 6.70. The number of rotatable bonds is 2. The molecule has 2 aliphatic rings. The smallest absolute Gasteiger partial charge is 0.309 e. The Balaban J connectivity index is 1.64. The summed E-state index contributed by atoms with van der Waals surface area (Å²) in [6, 6.07) is 4.17. The summed E-state index contributed by atoms with van der Waals surface area (Å²) in [5.74, 6) is 1.55. The van der Waals surface area contributed by atoms with Gasteiger partial charge in [0.05, 0.1) is 25.1 Å². The molecule has 0 aliphatic carbocycles. The van der Waals surface area contributed by atoms with Gasteiger partial charge in [-0.25, -0.2) is 18.9 Å². The van der Waals surface area contributed by atoms with Crippen LogP contribution in [-0.2, 0) is 0 Å². The van der Waals surface area contributed by atoms with Gasteiger partial charge in [-0.05, 0) is 23.9 Å². The van der Waals surface area contributed by atoms with E-state index in [4.69, 9.17) is 5.73 Å². The molecule has 0 amide bonds. The SMILES string of the molecule is NC1=[N+](c2cccnc2)[C@H]2CN(c3ncc(F)cn3)C[C@H]2CS1. The Kier molecular flexibility index (Phi) is 3.60. The summed E-state index contributed by atoms with van der Waals surface area (Å²) < 4.78 is 15.2. The molecule has 6 nitrogen and oxygen atoms in total. The lowest BCUT2D eigenvalue weighted by atomic mass is 10.1. The Morgan fingerprint density at radius 1 is 1.26 bits per heavy atom. The van der Waals surface area contributed by atoms with Gasteiger partial charge in [0.15, 0.2) is 5.82 Å². The van der Waals surface area contributed by atoms with Crippen LogP contribution in [0, 0.1) is 11.7 Å². The molecule has 0 unspecified atom stereocenters. The monoisotopic (exact) mass is 331 g/mol. The summed E-state index contributed by atoms with van der Waals surface area (Å²) in [7, 11) is 0. The largest absolute Gasteiger partial charge is 0.336 e. The van der Waals surface area contributed by atoms with Crippen LogP contribution < -0.4 is 10.6 Å². The maximum Gasteiger partial charge on any atom is 0.309 e. The van der Waals surface area contributed by atoms with Crippen molar-refractivity contribution in [2.75, 3.05) is 23.7 Å².